The molecule has 4 atom stereocenters. The van der Waals surface area contributed by atoms with Crippen LogP contribution in [0.5, 0.6) is 17.2 Å². The number of anilines is 2. The molecule has 3 aromatic carbocycles. The van der Waals surface area contributed by atoms with Crippen LogP contribution in [0.3, 0.4) is 0 Å². The van der Waals surface area contributed by atoms with E-state index in [1.54, 1.807) is 36.4 Å². The minimum absolute atomic E-state index is 0.00234. The number of benzene rings is 3. The van der Waals surface area contributed by atoms with Gasteiger partial charge >= 0.3 is 6.18 Å². The fourth-order valence-electron chi connectivity index (χ4n) is 7.81. The van der Waals surface area contributed by atoms with E-state index < -0.39 is 42.9 Å². The van der Waals surface area contributed by atoms with Gasteiger partial charge in [-0.3, -0.25) is 9.59 Å². The Morgan fingerprint density at radius 3 is 2.58 bits per heavy atom. The van der Waals surface area contributed by atoms with Crippen LogP contribution in [0.1, 0.15) is 41.9 Å². The molecule has 2 aliphatic rings. The van der Waals surface area contributed by atoms with E-state index in [9.17, 15) is 32.3 Å². The molecule has 4 aromatic rings. The van der Waals surface area contributed by atoms with Crippen molar-refractivity contribution in [1.82, 2.24) is 20.1 Å². The van der Waals surface area contributed by atoms with Crippen molar-refractivity contribution in [3.63, 3.8) is 0 Å². The normalized spacial score (nSPS) is 19.7. The van der Waals surface area contributed by atoms with Crippen LogP contribution >= 0.6 is 0 Å². The molecule has 0 spiro atoms. The van der Waals surface area contributed by atoms with E-state index in [0.29, 0.717) is 47.5 Å². The first-order valence-electron chi connectivity index (χ1n) is 19.9. The molecule has 6 rings (SSSR count). The van der Waals surface area contributed by atoms with E-state index >= 15 is 0 Å². The molecule has 1 fully saturated rings. The van der Waals surface area contributed by atoms with Crippen molar-refractivity contribution in [2.24, 2.45) is 5.92 Å². The third-order valence-electron chi connectivity index (χ3n) is 10.8. The number of aromatic nitrogens is 1. The molecule has 60 heavy (non-hydrogen) atoms. The second kappa shape index (κ2) is 19.2. The zero-order valence-corrected chi connectivity index (χ0v) is 34.4. The van der Waals surface area contributed by atoms with Crippen LogP contribution in [0.2, 0.25) is 0 Å². The molecule has 2 amide bonds. The number of hydrogen-bond acceptors (Lipinski definition) is 9. The minimum atomic E-state index is -4.53. The van der Waals surface area contributed by atoms with Crippen molar-refractivity contribution in [2.45, 2.75) is 63.7 Å². The van der Waals surface area contributed by atoms with E-state index in [4.69, 9.17) is 14.2 Å². The SMILES string of the molecule is COc1ccc(C(=O)NCCOc2ccc3c(c2)N(C)[C@@H](C(C)C)C(=O)N[C@H](CO)C3)cc1OCC#Cc1cc2c(N[C@@H]3CCN(C)C[C@@H]3F)cccc2n1CC(F)(F)F. The van der Waals surface area contributed by atoms with Crippen molar-refractivity contribution in [3.8, 4) is 29.1 Å². The molecule has 0 radical (unpaired) electrons. The molecule has 0 saturated carbocycles. The van der Waals surface area contributed by atoms with Gasteiger partial charge in [-0.25, -0.2) is 4.39 Å². The molecule has 4 N–H and O–H groups in total. The molecule has 1 aromatic heterocycles. The summed E-state index contributed by atoms with van der Waals surface area (Å²) in [6, 6.07) is 15.4. The zero-order chi connectivity index (χ0) is 43.1. The predicted molar refractivity (Wildman–Crippen MR) is 222 cm³/mol. The van der Waals surface area contributed by atoms with Crippen LogP contribution in [0.15, 0.2) is 60.7 Å². The van der Waals surface area contributed by atoms with E-state index in [2.05, 4.69) is 27.8 Å². The van der Waals surface area contributed by atoms with Crippen molar-refractivity contribution in [3.05, 3.63) is 77.5 Å². The average Bonchev–Trinajstić information content (AvgIpc) is 3.54. The summed E-state index contributed by atoms with van der Waals surface area (Å²) in [7, 11) is 5.14. The Hall–Kier alpha value is -5.66. The number of fused-ring (bicyclic) bond motifs is 2. The predicted octanol–water partition coefficient (Wildman–Crippen LogP) is 5.40. The molecule has 16 heteroatoms. The third-order valence-corrected chi connectivity index (χ3v) is 10.8. The molecular formula is C44H52F4N6O6. The number of ether oxygens (including phenoxy) is 3. The summed E-state index contributed by atoms with van der Waals surface area (Å²) >= 11 is 0. The van der Waals surface area contributed by atoms with Crippen molar-refractivity contribution < 1.29 is 46.5 Å². The first kappa shape index (κ1) is 43.9. The quantitative estimate of drug-likeness (QED) is 0.0796. The lowest BCUT2D eigenvalue weighted by Gasteiger charge is -2.37. The Bertz CT molecular complexity index is 2220. The molecular weight excluding hydrogens is 785 g/mol. The number of aliphatic hydroxyl groups excluding tert-OH is 1. The number of piperidine rings is 1. The number of amides is 2. The van der Waals surface area contributed by atoms with Gasteiger partial charge < -0.3 is 49.6 Å². The maximum absolute atomic E-state index is 14.9. The van der Waals surface area contributed by atoms with E-state index in [0.717, 1.165) is 15.8 Å². The van der Waals surface area contributed by atoms with Gasteiger partial charge in [-0.2, -0.15) is 13.2 Å². The minimum Gasteiger partial charge on any atom is -0.493 e. The lowest BCUT2D eigenvalue weighted by Crippen LogP contribution is -2.54. The summed E-state index contributed by atoms with van der Waals surface area (Å²) in [5, 5.41) is 19.3. The highest BCUT2D eigenvalue weighted by Gasteiger charge is 2.33. The molecule has 1 saturated heterocycles. The van der Waals surface area contributed by atoms with Gasteiger partial charge in [0, 0.05) is 48.5 Å². The smallest absolute Gasteiger partial charge is 0.406 e. The number of nitrogens with one attached hydrogen (secondary N) is 3. The van der Waals surface area contributed by atoms with Gasteiger partial charge in [0.25, 0.3) is 5.91 Å². The number of hydrogen-bond donors (Lipinski definition) is 4. The van der Waals surface area contributed by atoms with Crippen LogP contribution in [-0.4, -0.2) is 118 Å². The van der Waals surface area contributed by atoms with Gasteiger partial charge in [0.1, 0.15) is 37.7 Å². The molecule has 0 bridgehead atoms. The van der Waals surface area contributed by atoms with Crippen molar-refractivity contribution in [2.75, 3.05) is 70.9 Å². The Kier molecular flexibility index (Phi) is 14.0. The van der Waals surface area contributed by atoms with Crippen LogP contribution in [-0.2, 0) is 17.8 Å². The van der Waals surface area contributed by atoms with Gasteiger partial charge in [-0.05, 0) is 79.8 Å². The third kappa shape index (κ3) is 10.6. The molecule has 0 aliphatic carbocycles. The Balaban J connectivity index is 1.10. The second-order valence-electron chi connectivity index (χ2n) is 15.5. The molecule has 322 valence electrons. The summed E-state index contributed by atoms with van der Waals surface area (Å²) in [6.07, 6.45) is -4.66. The Labute approximate surface area is 347 Å². The first-order valence-corrected chi connectivity index (χ1v) is 19.9. The number of aliphatic hydroxyl groups is 1. The summed E-state index contributed by atoms with van der Waals surface area (Å²) in [6.45, 7) is 3.52. The van der Waals surface area contributed by atoms with Crippen LogP contribution < -0.4 is 35.1 Å². The van der Waals surface area contributed by atoms with Crippen LogP contribution in [0.25, 0.3) is 10.9 Å². The maximum atomic E-state index is 14.9. The molecule has 12 nitrogen and oxygen atoms in total. The summed E-state index contributed by atoms with van der Waals surface area (Å²) in [4.78, 5) is 30.0. The standard InChI is InChI=1S/C44H52F4N6O6/c1-27(2)41-43(57)50-30(25-55)20-28-11-13-32(23-38(28)53(41)4)59-19-16-49-42(56)29-12-14-39(58-5)40(21-29)60-18-7-8-31-22-33-35(51-36-15-17-52(3)24-34(36)45)9-6-10-37(33)54(31)26-44(46,47)48/h6,9-14,21-23,27,30,34,36,41,51,55H,15-20,24-26H2,1-5H3,(H,49,56)(H,50,57)/t30-,34-,36+,41-/m0/s1. The van der Waals surface area contributed by atoms with E-state index in [-0.39, 0.29) is 61.7 Å². The van der Waals surface area contributed by atoms with E-state index in [1.807, 2.05) is 55.9 Å². The number of carbonyl (C=O) groups is 2. The fourth-order valence-corrected chi connectivity index (χ4v) is 7.81. The van der Waals surface area contributed by atoms with Crippen LogP contribution in [0.4, 0.5) is 28.9 Å². The number of likely N-dealkylation sites (tertiary alicyclic amines) is 1. The molecule has 0 unspecified atom stereocenters. The number of methoxy groups -OCH3 is 1. The maximum Gasteiger partial charge on any atom is 0.406 e. The number of halogens is 4. The lowest BCUT2D eigenvalue weighted by atomic mass is 9.95. The van der Waals surface area contributed by atoms with Crippen molar-refractivity contribution >= 4 is 34.1 Å². The number of likely N-dealkylation sites (N-methyl/N-ethyl adjacent to an activating group) is 1. The summed E-state index contributed by atoms with van der Waals surface area (Å²) in [5.74, 6) is 6.14. The van der Waals surface area contributed by atoms with Crippen LogP contribution in [0, 0.1) is 17.8 Å². The zero-order valence-electron chi connectivity index (χ0n) is 34.4. The second-order valence-corrected chi connectivity index (χ2v) is 15.5. The highest BCUT2D eigenvalue weighted by atomic mass is 19.4. The average molecular weight is 837 g/mol. The number of alkyl halides is 4. The van der Waals surface area contributed by atoms with Crippen molar-refractivity contribution in [1.29, 1.82) is 0 Å². The fraction of sp³-hybridized carbons (Fsp3) is 0.455. The van der Waals surface area contributed by atoms with E-state index in [1.165, 1.54) is 13.2 Å². The first-order chi connectivity index (χ1) is 28.6. The Morgan fingerprint density at radius 1 is 1.07 bits per heavy atom. The topological polar surface area (TPSA) is 130 Å². The van der Waals surface area contributed by atoms with Gasteiger partial charge in [-0.1, -0.05) is 31.9 Å². The van der Waals surface area contributed by atoms with Gasteiger partial charge in [-0.15, -0.1) is 0 Å². The summed E-state index contributed by atoms with van der Waals surface area (Å²) in [5.41, 5.74) is 3.00. The van der Waals surface area contributed by atoms with Gasteiger partial charge in [0.2, 0.25) is 5.91 Å². The summed E-state index contributed by atoms with van der Waals surface area (Å²) < 4.78 is 74.6. The largest absolute Gasteiger partial charge is 0.493 e. The molecule has 3 heterocycles. The number of nitrogens with zero attached hydrogens (tertiary/aromatic N) is 3. The lowest BCUT2D eigenvalue weighted by molar-refractivity contribution is -0.140. The number of carbonyl (C=O) groups excluding carboxylic acids is 2. The number of rotatable bonds is 13. The highest BCUT2D eigenvalue weighted by Crippen LogP contribution is 2.33. The highest BCUT2D eigenvalue weighted by molar-refractivity contribution is 5.95. The Morgan fingerprint density at radius 2 is 1.87 bits per heavy atom. The molecule has 2 aliphatic heterocycles. The van der Waals surface area contributed by atoms with Gasteiger partial charge in [0.05, 0.1) is 43.6 Å². The monoisotopic (exact) mass is 836 g/mol. The van der Waals surface area contributed by atoms with Gasteiger partial charge in [0.15, 0.2) is 11.5 Å².